The summed E-state index contributed by atoms with van der Waals surface area (Å²) in [4.78, 5) is 27.6. The standard InChI is InChI=1S/C24H31ClFN3O4S/c1-16(2)13-27-24(31)18(4)28(14-19-8-6-7-17(3)11-19)23(30)15-29(34(5,32)33)20-9-10-22(26)21(25)12-20/h6-12,16,18H,13-15H2,1-5H3,(H,27,31). The Kier molecular flexibility index (Phi) is 9.46. The summed E-state index contributed by atoms with van der Waals surface area (Å²) < 4.78 is 39.5. The fourth-order valence-electron chi connectivity index (χ4n) is 3.30. The van der Waals surface area contributed by atoms with Crippen LogP contribution in [0.5, 0.6) is 0 Å². The maximum atomic E-state index is 13.6. The van der Waals surface area contributed by atoms with E-state index in [1.807, 2.05) is 45.0 Å². The number of nitrogens with zero attached hydrogens (tertiary/aromatic N) is 2. The minimum atomic E-state index is -3.92. The van der Waals surface area contributed by atoms with E-state index >= 15 is 0 Å². The Hall–Kier alpha value is -2.65. The van der Waals surface area contributed by atoms with E-state index in [4.69, 9.17) is 11.6 Å². The summed E-state index contributed by atoms with van der Waals surface area (Å²) in [7, 11) is -3.92. The molecule has 7 nitrogen and oxygen atoms in total. The van der Waals surface area contributed by atoms with E-state index in [9.17, 15) is 22.4 Å². The zero-order valence-electron chi connectivity index (χ0n) is 20.0. The second-order valence-corrected chi connectivity index (χ2v) is 11.0. The monoisotopic (exact) mass is 511 g/mol. The molecule has 0 bridgehead atoms. The fourth-order valence-corrected chi connectivity index (χ4v) is 4.31. The largest absolute Gasteiger partial charge is 0.354 e. The number of amides is 2. The molecule has 2 aromatic rings. The van der Waals surface area contributed by atoms with Gasteiger partial charge in [0.1, 0.15) is 18.4 Å². The number of nitrogens with one attached hydrogen (secondary N) is 1. The first-order valence-corrected chi connectivity index (χ1v) is 13.1. The van der Waals surface area contributed by atoms with Crippen LogP contribution in [-0.4, -0.2) is 50.5 Å². The Bertz CT molecular complexity index is 1140. The number of hydrogen-bond donors (Lipinski definition) is 1. The normalized spacial score (nSPS) is 12.4. The van der Waals surface area contributed by atoms with Gasteiger partial charge in [0.25, 0.3) is 0 Å². The molecule has 2 amide bonds. The smallest absolute Gasteiger partial charge is 0.244 e. The van der Waals surface area contributed by atoms with Crippen LogP contribution in [0.15, 0.2) is 42.5 Å². The number of carbonyl (C=O) groups excluding carboxylic acids is 2. The molecule has 0 radical (unpaired) electrons. The third-order valence-corrected chi connectivity index (χ3v) is 6.59. The lowest BCUT2D eigenvalue weighted by Crippen LogP contribution is -2.51. The van der Waals surface area contributed by atoms with Crippen molar-refractivity contribution in [1.29, 1.82) is 0 Å². The molecule has 186 valence electrons. The number of halogens is 2. The van der Waals surface area contributed by atoms with E-state index in [1.54, 1.807) is 6.92 Å². The predicted octanol–water partition coefficient (Wildman–Crippen LogP) is 3.74. The minimum absolute atomic E-state index is 0.0506. The van der Waals surface area contributed by atoms with E-state index in [2.05, 4.69) is 5.32 Å². The molecule has 1 unspecified atom stereocenters. The van der Waals surface area contributed by atoms with Crippen LogP contribution in [-0.2, 0) is 26.2 Å². The van der Waals surface area contributed by atoms with Gasteiger partial charge >= 0.3 is 0 Å². The summed E-state index contributed by atoms with van der Waals surface area (Å²) in [5, 5.41) is 2.55. The lowest BCUT2D eigenvalue weighted by Gasteiger charge is -2.31. The highest BCUT2D eigenvalue weighted by atomic mass is 35.5. The fraction of sp³-hybridized carbons (Fsp3) is 0.417. The number of rotatable bonds is 10. The maximum absolute atomic E-state index is 13.6. The Morgan fingerprint density at radius 3 is 2.35 bits per heavy atom. The molecule has 34 heavy (non-hydrogen) atoms. The molecular formula is C24H31ClFN3O4S. The molecular weight excluding hydrogens is 481 g/mol. The Balaban J connectivity index is 2.39. The number of carbonyl (C=O) groups is 2. The Labute approximate surface area is 205 Å². The summed E-state index contributed by atoms with van der Waals surface area (Å²) in [6.07, 6.45) is 0.946. The van der Waals surface area contributed by atoms with E-state index in [-0.39, 0.29) is 29.1 Å². The van der Waals surface area contributed by atoms with E-state index < -0.39 is 34.3 Å². The van der Waals surface area contributed by atoms with Crippen molar-refractivity contribution >= 4 is 39.1 Å². The zero-order valence-corrected chi connectivity index (χ0v) is 21.6. The lowest BCUT2D eigenvalue weighted by atomic mass is 10.1. The van der Waals surface area contributed by atoms with Gasteiger partial charge in [-0.25, -0.2) is 12.8 Å². The van der Waals surface area contributed by atoms with Crippen molar-refractivity contribution in [2.75, 3.05) is 23.7 Å². The van der Waals surface area contributed by atoms with Gasteiger partial charge in [-0.1, -0.05) is 55.3 Å². The average Bonchev–Trinajstić information content (AvgIpc) is 2.74. The predicted molar refractivity (Wildman–Crippen MR) is 133 cm³/mol. The number of anilines is 1. The molecule has 0 aromatic heterocycles. The van der Waals surface area contributed by atoms with Gasteiger partial charge < -0.3 is 10.2 Å². The average molecular weight is 512 g/mol. The number of sulfonamides is 1. The van der Waals surface area contributed by atoms with Crippen LogP contribution in [0.3, 0.4) is 0 Å². The van der Waals surface area contributed by atoms with Crippen molar-refractivity contribution < 1.29 is 22.4 Å². The van der Waals surface area contributed by atoms with Crippen LogP contribution in [0, 0.1) is 18.7 Å². The van der Waals surface area contributed by atoms with E-state index in [1.165, 1.54) is 11.0 Å². The molecule has 0 saturated heterocycles. The second kappa shape index (κ2) is 11.7. The molecule has 2 aromatic carbocycles. The summed E-state index contributed by atoms with van der Waals surface area (Å²) in [5.41, 5.74) is 1.84. The Morgan fingerprint density at radius 2 is 1.79 bits per heavy atom. The van der Waals surface area contributed by atoms with Crippen LogP contribution < -0.4 is 9.62 Å². The molecule has 0 aliphatic rings. The molecule has 0 aliphatic heterocycles. The van der Waals surface area contributed by atoms with Crippen LogP contribution in [0.25, 0.3) is 0 Å². The molecule has 10 heteroatoms. The third-order valence-electron chi connectivity index (χ3n) is 5.16. The van der Waals surface area contributed by atoms with Gasteiger partial charge in [0.2, 0.25) is 21.8 Å². The zero-order chi connectivity index (χ0) is 25.6. The SMILES string of the molecule is Cc1cccc(CN(C(=O)CN(c2ccc(F)c(Cl)c2)S(C)(=O)=O)C(C)C(=O)NCC(C)C)c1. The molecule has 1 N–H and O–H groups in total. The van der Waals surface area contributed by atoms with Crippen LogP contribution >= 0.6 is 11.6 Å². The summed E-state index contributed by atoms with van der Waals surface area (Å²) in [6.45, 7) is 7.41. The summed E-state index contributed by atoms with van der Waals surface area (Å²) in [5.74, 6) is -1.41. The minimum Gasteiger partial charge on any atom is -0.354 e. The van der Waals surface area contributed by atoms with Crippen LogP contribution in [0.1, 0.15) is 31.9 Å². The van der Waals surface area contributed by atoms with E-state index in [0.717, 1.165) is 33.8 Å². The van der Waals surface area contributed by atoms with Crippen molar-refractivity contribution in [2.24, 2.45) is 5.92 Å². The Morgan fingerprint density at radius 1 is 1.12 bits per heavy atom. The first-order valence-electron chi connectivity index (χ1n) is 10.8. The first-order chi connectivity index (χ1) is 15.8. The topological polar surface area (TPSA) is 86.8 Å². The highest BCUT2D eigenvalue weighted by molar-refractivity contribution is 7.92. The van der Waals surface area contributed by atoms with Gasteiger partial charge in [-0.2, -0.15) is 0 Å². The summed E-state index contributed by atoms with van der Waals surface area (Å²) in [6, 6.07) is 10.1. The maximum Gasteiger partial charge on any atom is 0.244 e. The number of benzene rings is 2. The third kappa shape index (κ3) is 7.70. The van der Waals surface area contributed by atoms with Gasteiger partial charge in [-0.15, -0.1) is 0 Å². The molecule has 0 saturated carbocycles. The van der Waals surface area contributed by atoms with E-state index in [0.29, 0.717) is 6.54 Å². The van der Waals surface area contributed by atoms with Crippen molar-refractivity contribution in [3.05, 3.63) is 64.4 Å². The van der Waals surface area contributed by atoms with Crippen molar-refractivity contribution in [3.63, 3.8) is 0 Å². The van der Waals surface area contributed by atoms with Gasteiger partial charge in [-0.3, -0.25) is 13.9 Å². The van der Waals surface area contributed by atoms with Crippen molar-refractivity contribution in [1.82, 2.24) is 10.2 Å². The lowest BCUT2D eigenvalue weighted by molar-refractivity contribution is -0.139. The quantitative estimate of drug-likeness (QED) is 0.526. The van der Waals surface area contributed by atoms with Crippen molar-refractivity contribution in [3.8, 4) is 0 Å². The number of hydrogen-bond acceptors (Lipinski definition) is 4. The second-order valence-electron chi connectivity index (χ2n) is 8.69. The number of aryl methyl sites for hydroxylation is 1. The molecule has 1 atom stereocenters. The van der Waals surface area contributed by atoms with Gasteiger partial charge in [0.05, 0.1) is 17.0 Å². The van der Waals surface area contributed by atoms with Gasteiger partial charge in [0.15, 0.2) is 0 Å². The van der Waals surface area contributed by atoms with Gasteiger partial charge in [-0.05, 0) is 43.5 Å². The molecule has 0 spiro atoms. The van der Waals surface area contributed by atoms with Gasteiger partial charge in [0, 0.05) is 13.1 Å². The molecule has 2 rings (SSSR count). The van der Waals surface area contributed by atoms with Crippen molar-refractivity contribution in [2.45, 2.75) is 40.3 Å². The van der Waals surface area contributed by atoms with Crippen LogP contribution in [0.4, 0.5) is 10.1 Å². The molecule has 0 heterocycles. The highest BCUT2D eigenvalue weighted by Gasteiger charge is 2.30. The molecule has 0 aliphatic carbocycles. The first kappa shape index (κ1) is 27.6. The van der Waals surface area contributed by atoms with Crippen LogP contribution in [0.2, 0.25) is 5.02 Å². The molecule has 0 fully saturated rings. The summed E-state index contributed by atoms with van der Waals surface area (Å²) >= 11 is 5.84. The highest BCUT2D eigenvalue weighted by Crippen LogP contribution is 2.25.